The number of aromatic amines is 2. The smallest absolute Gasteiger partial charge is 0.323 e. The fraction of sp³-hybridized carbons (Fsp3) is 0.348. The molecule has 2 heterocycles. The van der Waals surface area contributed by atoms with Crippen molar-refractivity contribution in [1.82, 2.24) is 19.8 Å². The molecule has 1 unspecified atom stereocenters. The first kappa shape index (κ1) is 20.8. The third-order valence-electron chi connectivity index (χ3n) is 5.82. The second-order valence-corrected chi connectivity index (χ2v) is 7.98. The Bertz CT molecular complexity index is 1160. The predicted octanol–water partition coefficient (Wildman–Crippen LogP) is 2.26. The van der Waals surface area contributed by atoms with Gasteiger partial charge in [-0.15, -0.1) is 0 Å². The van der Waals surface area contributed by atoms with E-state index >= 15 is 0 Å². The van der Waals surface area contributed by atoms with Crippen LogP contribution in [0.2, 0.25) is 0 Å². The minimum atomic E-state index is -0.262. The van der Waals surface area contributed by atoms with Crippen LogP contribution < -0.4 is 11.0 Å². The normalized spacial score (nSPS) is 16.5. The molecule has 31 heavy (non-hydrogen) atoms. The molecule has 8 heteroatoms. The van der Waals surface area contributed by atoms with E-state index < -0.39 is 0 Å². The van der Waals surface area contributed by atoms with Crippen molar-refractivity contribution < 1.29 is 4.79 Å². The first-order chi connectivity index (χ1) is 15.0. The summed E-state index contributed by atoms with van der Waals surface area (Å²) in [4.78, 5) is 34.3. The summed E-state index contributed by atoms with van der Waals surface area (Å²) in [6.45, 7) is 6.31. The van der Waals surface area contributed by atoms with Crippen LogP contribution in [0.1, 0.15) is 24.5 Å². The van der Waals surface area contributed by atoms with Gasteiger partial charge in [0.25, 0.3) is 0 Å². The van der Waals surface area contributed by atoms with Gasteiger partial charge in [0, 0.05) is 31.9 Å². The Morgan fingerprint density at radius 2 is 1.87 bits per heavy atom. The molecule has 1 amide bonds. The Hall–Kier alpha value is -3.41. The number of aromatic nitrogens is 2. The predicted molar refractivity (Wildman–Crippen MR) is 120 cm³/mol. The largest absolute Gasteiger partial charge is 0.325 e. The molecule has 2 aromatic carbocycles. The van der Waals surface area contributed by atoms with Crippen molar-refractivity contribution in [2.75, 3.05) is 31.5 Å². The molecule has 1 aliphatic heterocycles. The number of amides is 1. The molecule has 3 N–H and O–H groups in total. The first-order valence-corrected chi connectivity index (χ1v) is 10.5. The summed E-state index contributed by atoms with van der Waals surface area (Å²) in [6, 6.07) is 14.9. The quantitative estimate of drug-likeness (QED) is 0.589. The van der Waals surface area contributed by atoms with Crippen molar-refractivity contribution in [1.29, 1.82) is 5.26 Å². The van der Waals surface area contributed by atoms with E-state index in [1.165, 1.54) is 5.56 Å². The highest BCUT2D eigenvalue weighted by Gasteiger charge is 2.24. The highest BCUT2D eigenvalue weighted by atomic mass is 16.2. The summed E-state index contributed by atoms with van der Waals surface area (Å²) in [7, 11) is 0. The number of nitrogens with one attached hydrogen (secondary N) is 3. The third-order valence-corrected chi connectivity index (χ3v) is 5.82. The van der Waals surface area contributed by atoms with Crippen molar-refractivity contribution in [3.8, 4) is 6.07 Å². The molecule has 3 aromatic rings. The van der Waals surface area contributed by atoms with Crippen molar-refractivity contribution in [2.24, 2.45) is 0 Å². The lowest BCUT2D eigenvalue weighted by Crippen LogP contribution is -2.43. The highest BCUT2D eigenvalue weighted by Crippen LogP contribution is 2.16. The average Bonchev–Trinajstić information content (AvgIpc) is 2.98. The van der Waals surface area contributed by atoms with Gasteiger partial charge in [-0.1, -0.05) is 12.1 Å². The summed E-state index contributed by atoms with van der Waals surface area (Å²) in [5.41, 5.74) is 3.65. The molecular formula is C23H26N6O2. The zero-order valence-electron chi connectivity index (χ0n) is 17.5. The molecule has 1 fully saturated rings. The average molecular weight is 419 g/mol. The van der Waals surface area contributed by atoms with Crippen molar-refractivity contribution in [3.63, 3.8) is 0 Å². The van der Waals surface area contributed by atoms with Crippen LogP contribution in [0.5, 0.6) is 0 Å². The highest BCUT2D eigenvalue weighted by molar-refractivity contribution is 5.96. The number of rotatable bonds is 5. The van der Waals surface area contributed by atoms with Gasteiger partial charge in [-0.2, -0.15) is 5.26 Å². The van der Waals surface area contributed by atoms with Gasteiger partial charge in [0.15, 0.2) is 0 Å². The van der Waals surface area contributed by atoms with E-state index in [1.54, 1.807) is 18.2 Å². The number of anilines is 1. The summed E-state index contributed by atoms with van der Waals surface area (Å²) >= 11 is 0. The summed E-state index contributed by atoms with van der Waals surface area (Å²) in [5, 5.41) is 11.9. The molecule has 1 aromatic heterocycles. The topological polar surface area (TPSA) is 108 Å². The third kappa shape index (κ3) is 5.02. The summed E-state index contributed by atoms with van der Waals surface area (Å²) < 4.78 is 0. The molecule has 1 saturated heterocycles. The van der Waals surface area contributed by atoms with Crippen LogP contribution in [0, 0.1) is 11.3 Å². The Labute approximate surface area is 180 Å². The molecular weight excluding hydrogens is 392 g/mol. The second kappa shape index (κ2) is 9.16. The van der Waals surface area contributed by atoms with E-state index in [0.717, 1.165) is 39.1 Å². The summed E-state index contributed by atoms with van der Waals surface area (Å²) in [6.07, 6.45) is 0.991. The lowest BCUT2D eigenvalue weighted by Gasteiger charge is -2.27. The zero-order chi connectivity index (χ0) is 21.8. The van der Waals surface area contributed by atoms with E-state index in [4.69, 9.17) is 5.26 Å². The van der Waals surface area contributed by atoms with Crippen LogP contribution >= 0.6 is 0 Å². The molecule has 0 bridgehead atoms. The van der Waals surface area contributed by atoms with Gasteiger partial charge in [0.2, 0.25) is 5.91 Å². The number of H-pyrrole nitrogens is 2. The second-order valence-electron chi connectivity index (χ2n) is 7.98. The molecule has 1 atom stereocenters. The van der Waals surface area contributed by atoms with Crippen molar-refractivity contribution in [3.05, 3.63) is 64.1 Å². The number of nitriles is 1. The number of nitrogens with zero attached hydrogens (tertiary/aromatic N) is 3. The van der Waals surface area contributed by atoms with Gasteiger partial charge in [0.1, 0.15) is 0 Å². The van der Waals surface area contributed by atoms with E-state index in [0.29, 0.717) is 22.3 Å². The van der Waals surface area contributed by atoms with Crippen LogP contribution in [0.3, 0.4) is 0 Å². The van der Waals surface area contributed by atoms with Gasteiger partial charge >= 0.3 is 5.69 Å². The number of fused-ring (bicyclic) bond motifs is 1. The maximum absolute atomic E-state index is 12.8. The molecule has 1 aliphatic rings. The zero-order valence-corrected chi connectivity index (χ0v) is 17.5. The molecule has 0 saturated carbocycles. The molecule has 0 radical (unpaired) electrons. The molecule has 4 rings (SSSR count). The first-order valence-electron chi connectivity index (χ1n) is 10.5. The Kier molecular flexibility index (Phi) is 6.16. The SMILES string of the molecule is CC(C(=O)Nc1ccc2[nH]c(=O)[nH]c2c1)N1CCCN(Cc2ccc(C#N)cc2)CC1. The van der Waals surface area contributed by atoms with E-state index in [-0.39, 0.29) is 17.6 Å². The molecule has 160 valence electrons. The lowest BCUT2D eigenvalue weighted by atomic mass is 10.1. The maximum Gasteiger partial charge on any atom is 0.323 e. The van der Waals surface area contributed by atoms with E-state index in [2.05, 4.69) is 31.2 Å². The number of carbonyl (C=O) groups excluding carboxylic acids is 1. The van der Waals surface area contributed by atoms with Crippen LogP contribution in [0.4, 0.5) is 5.69 Å². The van der Waals surface area contributed by atoms with Crippen LogP contribution in [-0.2, 0) is 11.3 Å². The van der Waals surface area contributed by atoms with Crippen molar-refractivity contribution in [2.45, 2.75) is 25.9 Å². The standard InChI is InChI=1S/C23H26N6O2/c1-16(22(30)25-19-7-8-20-21(13-19)27-23(31)26-20)29-10-2-9-28(11-12-29)15-18-5-3-17(14-24)4-6-18/h3-8,13,16H,2,9-12,15H2,1H3,(H,25,30)(H2,26,27,31). The minimum absolute atomic E-state index is 0.0576. The van der Waals surface area contributed by atoms with Gasteiger partial charge in [0.05, 0.1) is 28.7 Å². The van der Waals surface area contributed by atoms with Crippen LogP contribution in [0.25, 0.3) is 11.0 Å². The van der Waals surface area contributed by atoms with Crippen LogP contribution in [0.15, 0.2) is 47.3 Å². The fourth-order valence-corrected chi connectivity index (χ4v) is 4.00. The van der Waals surface area contributed by atoms with E-state index in [1.807, 2.05) is 31.2 Å². The molecule has 0 spiro atoms. The fourth-order valence-electron chi connectivity index (χ4n) is 4.00. The Morgan fingerprint density at radius 3 is 2.65 bits per heavy atom. The number of hydrogen-bond donors (Lipinski definition) is 3. The van der Waals surface area contributed by atoms with Gasteiger partial charge < -0.3 is 15.3 Å². The number of hydrogen-bond acceptors (Lipinski definition) is 5. The van der Waals surface area contributed by atoms with Crippen LogP contribution in [-0.4, -0.2) is 57.9 Å². The number of imidazole rings is 1. The molecule has 0 aliphatic carbocycles. The van der Waals surface area contributed by atoms with E-state index in [9.17, 15) is 9.59 Å². The molecule has 8 nitrogen and oxygen atoms in total. The van der Waals surface area contributed by atoms with Gasteiger partial charge in [-0.3, -0.25) is 14.6 Å². The Balaban J connectivity index is 1.33. The summed E-state index contributed by atoms with van der Waals surface area (Å²) in [5.74, 6) is -0.0576. The number of carbonyl (C=O) groups is 1. The lowest BCUT2D eigenvalue weighted by molar-refractivity contribution is -0.120. The Morgan fingerprint density at radius 1 is 1.10 bits per heavy atom. The van der Waals surface area contributed by atoms with Crippen molar-refractivity contribution >= 4 is 22.6 Å². The van der Waals surface area contributed by atoms with Gasteiger partial charge in [-0.05, 0) is 55.8 Å². The maximum atomic E-state index is 12.8. The van der Waals surface area contributed by atoms with Gasteiger partial charge in [-0.25, -0.2) is 4.79 Å². The minimum Gasteiger partial charge on any atom is -0.325 e. The number of benzene rings is 2. The monoisotopic (exact) mass is 418 g/mol.